The number of benzene rings is 1. The van der Waals surface area contributed by atoms with Crippen LogP contribution in [-0.2, 0) is 15.7 Å². The molecule has 0 spiro atoms. The van der Waals surface area contributed by atoms with Gasteiger partial charge in [0.2, 0.25) is 0 Å². The zero-order chi connectivity index (χ0) is 25.5. The largest absolute Gasteiger partial charge is 0.491 e. The maximum absolute atomic E-state index is 13.0. The van der Waals surface area contributed by atoms with Crippen LogP contribution in [0, 0.1) is 0 Å². The average Bonchev–Trinajstić information content (AvgIpc) is 3.31. The van der Waals surface area contributed by atoms with Crippen LogP contribution in [0.25, 0.3) is 10.9 Å². The van der Waals surface area contributed by atoms with Crippen LogP contribution < -0.4 is 14.8 Å². The van der Waals surface area contributed by atoms with Crippen LogP contribution in [0.4, 0.5) is 24.1 Å². The van der Waals surface area contributed by atoms with Gasteiger partial charge >= 0.3 is 6.18 Å². The molecule has 0 radical (unpaired) electrons. The van der Waals surface area contributed by atoms with Crippen LogP contribution in [-0.4, -0.2) is 79.6 Å². The van der Waals surface area contributed by atoms with E-state index in [0.717, 1.165) is 23.3 Å². The summed E-state index contributed by atoms with van der Waals surface area (Å²) in [4.78, 5) is 14.3. The van der Waals surface area contributed by atoms with E-state index in [4.69, 9.17) is 18.9 Å². The van der Waals surface area contributed by atoms with Crippen LogP contribution in [0.5, 0.6) is 11.5 Å². The molecule has 1 fully saturated rings. The lowest BCUT2D eigenvalue weighted by atomic mass is 10.1. The zero-order valence-electron chi connectivity index (χ0n) is 20.0. The molecule has 1 aliphatic heterocycles. The van der Waals surface area contributed by atoms with E-state index in [2.05, 4.69) is 20.3 Å². The summed E-state index contributed by atoms with van der Waals surface area (Å²) in [6.45, 7) is 3.35. The summed E-state index contributed by atoms with van der Waals surface area (Å²) < 4.78 is 62.2. The highest BCUT2D eigenvalue weighted by atomic mass is 32.1. The second-order valence-corrected chi connectivity index (χ2v) is 9.25. The first-order valence-corrected chi connectivity index (χ1v) is 12.4. The van der Waals surface area contributed by atoms with Crippen molar-refractivity contribution in [3.05, 3.63) is 29.5 Å². The minimum atomic E-state index is -4.52. The summed E-state index contributed by atoms with van der Waals surface area (Å²) in [5, 5.41) is 4.45. The number of alkyl halides is 3. The van der Waals surface area contributed by atoms with Crippen LogP contribution >= 0.6 is 11.3 Å². The van der Waals surface area contributed by atoms with E-state index in [-0.39, 0.29) is 11.2 Å². The number of anilines is 2. The molecule has 4 rings (SSSR count). The lowest BCUT2D eigenvalue weighted by Crippen LogP contribution is -2.26. The fourth-order valence-electron chi connectivity index (χ4n) is 3.50. The number of nitrogens with zero attached hydrogens (tertiary/aromatic N) is 4. The number of nitrogens with one attached hydrogen (secondary N) is 1. The normalized spacial score (nSPS) is 14.9. The minimum absolute atomic E-state index is 0.0644. The third-order valence-corrected chi connectivity index (χ3v) is 6.09. The second-order valence-electron chi connectivity index (χ2n) is 8.39. The Morgan fingerprint density at radius 2 is 1.94 bits per heavy atom. The van der Waals surface area contributed by atoms with Crippen molar-refractivity contribution in [2.75, 3.05) is 59.0 Å². The van der Waals surface area contributed by atoms with Gasteiger partial charge in [0.25, 0.3) is 0 Å². The quantitative estimate of drug-likeness (QED) is 0.365. The second kappa shape index (κ2) is 12.0. The van der Waals surface area contributed by atoms with Crippen molar-refractivity contribution >= 4 is 33.2 Å². The van der Waals surface area contributed by atoms with Crippen molar-refractivity contribution in [3.8, 4) is 11.5 Å². The van der Waals surface area contributed by atoms with E-state index in [9.17, 15) is 13.2 Å². The van der Waals surface area contributed by atoms with E-state index < -0.39 is 11.9 Å². The molecule has 1 N–H and O–H groups in total. The summed E-state index contributed by atoms with van der Waals surface area (Å²) in [6.07, 6.45) is -1.86. The average molecular weight is 528 g/mol. The molecule has 3 aromatic rings. The zero-order valence-corrected chi connectivity index (χ0v) is 20.8. The molecule has 1 saturated heterocycles. The number of rotatable bonds is 11. The third-order valence-electron chi connectivity index (χ3n) is 5.34. The van der Waals surface area contributed by atoms with Gasteiger partial charge in [0.1, 0.15) is 36.4 Å². The van der Waals surface area contributed by atoms with Gasteiger partial charge in [0.15, 0.2) is 10.8 Å². The Hall–Kier alpha value is -2.74. The van der Waals surface area contributed by atoms with E-state index in [0.29, 0.717) is 74.1 Å². The summed E-state index contributed by atoms with van der Waals surface area (Å²) in [5.74, 6) is 1.31. The molecule has 0 aliphatic carbocycles. The van der Waals surface area contributed by atoms with Crippen molar-refractivity contribution < 1.29 is 32.1 Å². The van der Waals surface area contributed by atoms with Gasteiger partial charge in [0, 0.05) is 36.9 Å². The van der Waals surface area contributed by atoms with E-state index in [1.54, 1.807) is 12.1 Å². The van der Waals surface area contributed by atoms with Gasteiger partial charge in [-0.2, -0.15) is 13.2 Å². The molecule has 1 aliphatic rings. The topological polar surface area (TPSA) is 90.9 Å². The van der Waals surface area contributed by atoms with Gasteiger partial charge in [-0.25, -0.2) is 15.0 Å². The van der Waals surface area contributed by atoms with Crippen LogP contribution in [0.15, 0.2) is 23.8 Å². The molecule has 2 aromatic heterocycles. The SMILES string of the molecule is CN(C)CCOCCOc1cc(OC2CCOCC2)c2c(Nc3nc(C(F)(F)F)cs3)ncnc2c1. The molecule has 36 heavy (non-hydrogen) atoms. The van der Waals surface area contributed by atoms with Crippen molar-refractivity contribution in [1.82, 2.24) is 19.9 Å². The number of hydrogen-bond acceptors (Lipinski definition) is 10. The Morgan fingerprint density at radius 1 is 1.14 bits per heavy atom. The molecule has 0 unspecified atom stereocenters. The number of fused-ring (bicyclic) bond motifs is 1. The van der Waals surface area contributed by atoms with Gasteiger partial charge in [-0.3, -0.25) is 0 Å². The van der Waals surface area contributed by atoms with E-state index in [1.165, 1.54) is 6.33 Å². The fraction of sp³-hybridized carbons (Fsp3) is 0.522. The van der Waals surface area contributed by atoms with E-state index in [1.807, 2.05) is 19.0 Å². The fourth-order valence-corrected chi connectivity index (χ4v) is 4.22. The maximum Gasteiger partial charge on any atom is 0.434 e. The first kappa shape index (κ1) is 26.3. The van der Waals surface area contributed by atoms with Gasteiger partial charge in [-0.15, -0.1) is 11.3 Å². The first-order valence-electron chi connectivity index (χ1n) is 11.5. The highest BCUT2D eigenvalue weighted by Crippen LogP contribution is 2.38. The number of hydrogen-bond donors (Lipinski definition) is 1. The molecular formula is C23H28F3N5O4S. The predicted octanol–water partition coefficient (Wildman–Crippen LogP) is 4.36. The Labute approximate surface area is 210 Å². The predicted molar refractivity (Wildman–Crippen MR) is 129 cm³/mol. The van der Waals surface area contributed by atoms with Crippen LogP contribution in [0.2, 0.25) is 0 Å². The lowest BCUT2D eigenvalue weighted by molar-refractivity contribution is -0.140. The lowest BCUT2D eigenvalue weighted by Gasteiger charge is -2.24. The molecule has 0 atom stereocenters. The molecule has 196 valence electrons. The Morgan fingerprint density at radius 3 is 2.67 bits per heavy atom. The molecule has 0 amide bonds. The summed E-state index contributed by atoms with van der Waals surface area (Å²) >= 11 is 0.842. The monoisotopic (exact) mass is 527 g/mol. The molecule has 0 saturated carbocycles. The Balaban J connectivity index is 1.57. The molecule has 3 heterocycles. The highest BCUT2D eigenvalue weighted by Gasteiger charge is 2.34. The number of thiazole rings is 1. The molecule has 13 heteroatoms. The first-order chi connectivity index (χ1) is 17.3. The number of likely N-dealkylation sites (N-methyl/N-ethyl adjacent to an activating group) is 1. The summed E-state index contributed by atoms with van der Waals surface area (Å²) in [5.41, 5.74) is -0.441. The highest BCUT2D eigenvalue weighted by molar-refractivity contribution is 7.13. The van der Waals surface area contributed by atoms with Gasteiger partial charge in [-0.05, 0) is 14.1 Å². The standard InChI is InChI=1S/C23H28F3N5O4S/c1-31(2)5-8-33-9-10-34-16-11-17-20(18(12-16)35-15-3-6-32-7-4-15)21(28-14-27-17)30-22-29-19(13-36-22)23(24,25)26/h11-15H,3-10H2,1-2H3,(H,27,28,29,30). The third kappa shape index (κ3) is 7.15. The van der Waals surface area contributed by atoms with Gasteiger partial charge in [-0.1, -0.05) is 0 Å². The van der Waals surface area contributed by atoms with Crippen molar-refractivity contribution in [1.29, 1.82) is 0 Å². The van der Waals surface area contributed by atoms with Crippen molar-refractivity contribution in [3.63, 3.8) is 0 Å². The van der Waals surface area contributed by atoms with Crippen LogP contribution in [0.1, 0.15) is 18.5 Å². The maximum atomic E-state index is 13.0. The Bertz CT molecular complexity index is 1140. The number of aromatic nitrogens is 3. The summed E-state index contributed by atoms with van der Waals surface area (Å²) in [7, 11) is 3.95. The molecule has 9 nitrogen and oxygen atoms in total. The molecule has 0 bridgehead atoms. The summed E-state index contributed by atoms with van der Waals surface area (Å²) in [6, 6.07) is 3.48. The van der Waals surface area contributed by atoms with Crippen molar-refractivity contribution in [2.45, 2.75) is 25.1 Å². The van der Waals surface area contributed by atoms with Gasteiger partial charge < -0.3 is 29.2 Å². The molecule has 1 aromatic carbocycles. The van der Waals surface area contributed by atoms with Crippen LogP contribution in [0.3, 0.4) is 0 Å². The number of halogens is 3. The molecular weight excluding hydrogens is 499 g/mol. The van der Waals surface area contributed by atoms with Crippen molar-refractivity contribution in [2.24, 2.45) is 0 Å². The smallest absolute Gasteiger partial charge is 0.434 e. The Kier molecular flexibility index (Phi) is 8.77. The minimum Gasteiger partial charge on any atom is -0.491 e. The van der Waals surface area contributed by atoms with E-state index >= 15 is 0 Å². The number of ether oxygens (including phenoxy) is 4. The van der Waals surface area contributed by atoms with Gasteiger partial charge in [0.05, 0.1) is 37.3 Å².